The lowest BCUT2D eigenvalue weighted by molar-refractivity contribution is -0.119. The van der Waals surface area contributed by atoms with Crippen molar-refractivity contribution in [3.05, 3.63) is 70.9 Å². The third kappa shape index (κ3) is 2.90. The number of hydrogen-bond acceptors (Lipinski definition) is 5. The first-order chi connectivity index (χ1) is 15.2. The Kier molecular flexibility index (Phi) is 4.23. The summed E-state index contributed by atoms with van der Waals surface area (Å²) in [5.41, 5.74) is 6.39. The number of halogens is 3. The second-order valence-electron chi connectivity index (χ2n) is 8.09. The summed E-state index contributed by atoms with van der Waals surface area (Å²) in [7, 11) is 0. The number of anilines is 2. The number of rotatable bonds is 3. The molecule has 0 spiro atoms. The van der Waals surface area contributed by atoms with Crippen molar-refractivity contribution in [1.82, 2.24) is 19.4 Å². The Bertz CT molecular complexity index is 1410. The van der Waals surface area contributed by atoms with E-state index in [2.05, 4.69) is 20.3 Å². The van der Waals surface area contributed by atoms with Gasteiger partial charge in [-0.3, -0.25) is 4.79 Å². The molecule has 0 aliphatic carbocycles. The molecule has 0 saturated carbocycles. The van der Waals surface area contributed by atoms with E-state index in [0.717, 1.165) is 0 Å². The van der Waals surface area contributed by atoms with Crippen molar-refractivity contribution in [2.75, 3.05) is 11.1 Å². The molecule has 1 amide bonds. The molecule has 10 heteroatoms. The lowest BCUT2D eigenvalue weighted by atomic mass is 9.87. The molecule has 0 bridgehead atoms. The second kappa shape index (κ2) is 6.78. The first-order valence-corrected chi connectivity index (χ1v) is 9.76. The van der Waals surface area contributed by atoms with E-state index in [1.54, 1.807) is 42.6 Å². The Hall–Kier alpha value is -3.95. The zero-order valence-electron chi connectivity index (χ0n) is 17.1. The number of pyridine rings is 1. The van der Waals surface area contributed by atoms with Crippen molar-refractivity contribution in [1.29, 1.82) is 0 Å². The molecule has 7 nitrogen and oxygen atoms in total. The molecule has 0 unspecified atom stereocenters. The van der Waals surface area contributed by atoms with Crippen LogP contribution in [0.1, 0.15) is 30.8 Å². The van der Waals surface area contributed by atoms with E-state index >= 15 is 0 Å². The molecular formula is C22H17F3N6O. The summed E-state index contributed by atoms with van der Waals surface area (Å²) in [4.78, 5) is 25.6. The largest absolute Gasteiger partial charge is 0.383 e. The van der Waals surface area contributed by atoms with Gasteiger partial charge in [0, 0.05) is 30.3 Å². The first-order valence-electron chi connectivity index (χ1n) is 9.76. The standard InChI is InChI=1S/C22H17F3N6O/c1-22(2)16-18(26)28-20(29-19(16)30-21(22)32)17-14-5-3-4-6-31(14)15(27-17)9-11-12(24)7-10(23)8-13(11)25/h3-8H,9H2,1-2H3,(H3,26,28,29,30,32). The van der Waals surface area contributed by atoms with Crippen LogP contribution in [-0.2, 0) is 16.6 Å². The minimum absolute atomic E-state index is 0.141. The van der Waals surface area contributed by atoms with Gasteiger partial charge in [0.15, 0.2) is 5.82 Å². The van der Waals surface area contributed by atoms with Gasteiger partial charge in [-0.25, -0.2) is 28.1 Å². The van der Waals surface area contributed by atoms with Crippen LogP contribution >= 0.6 is 0 Å². The maximum Gasteiger partial charge on any atom is 0.235 e. The van der Waals surface area contributed by atoms with E-state index in [1.807, 2.05) is 0 Å². The highest BCUT2D eigenvalue weighted by molar-refractivity contribution is 6.06. The number of carbonyl (C=O) groups excluding carboxylic acids is 1. The zero-order valence-corrected chi connectivity index (χ0v) is 17.1. The van der Waals surface area contributed by atoms with E-state index in [4.69, 9.17) is 5.73 Å². The zero-order chi connectivity index (χ0) is 22.8. The maximum absolute atomic E-state index is 14.2. The Labute approximate surface area is 180 Å². The van der Waals surface area contributed by atoms with Gasteiger partial charge in [-0.05, 0) is 26.0 Å². The van der Waals surface area contributed by atoms with Gasteiger partial charge in [0.2, 0.25) is 5.91 Å². The average Bonchev–Trinajstić information content (AvgIpc) is 3.19. The molecule has 5 rings (SSSR count). The van der Waals surface area contributed by atoms with Crippen LogP contribution < -0.4 is 11.1 Å². The van der Waals surface area contributed by atoms with Crippen LogP contribution in [0.3, 0.4) is 0 Å². The van der Waals surface area contributed by atoms with Crippen molar-refractivity contribution in [3.8, 4) is 11.5 Å². The topological polar surface area (TPSA) is 98.2 Å². The third-order valence-corrected chi connectivity index (χ3v) is 5.64. The maximum atomic E-state index is 14.2. The number of carbonyl (C=O) groups is 1. The van der Waals surface area contributed by atoms with Crippen LogP contribution in [-0.4, -0.2) is 25.3 Å². The normalized spacial score (nSPS) is 14.6. The Morgan fingerprint density at radius 1 is 1.09 bits per heavy atom. The third-order valence-electron chi connectivity index (χ3n) is 5.64. The van der Waals surface area contributed by atoms with Crippen LogP contribution in [0.2, 0.25) is 0 Å². The minimum atomic E-state index is -1.00. The number of nitrogens with one attached hydrogen (secondary N) is 1. The smallest absolute Gasteiger partial charge is 0.235 e. The predicted octanol–water partition coefficient (Wildman–Crippen LogP) is 3.61. The molecule has 1 aliphatic heterocycles. The summed E-state index contributed by atoms with van der Waals surface area (Å²) in [5, 5.41) is 2.71. The van der Waals surface area contributed by atoms with Gasteiger partial charge in [0.25, 0.3) is 0 Å². The summed E-state index contributed by atoms with van der Waals surface area (Å²) >= 11 is 0. The fraction of sp³-hybridized carbons (Fsp3) is 0.182. The van der Waals surface area contributed by atoms with E-state index in [0.29, 0.717) is 40.5 Å². The number of amides is 1. The van der Waals surface area contributed by atoms with Gasteiger partial charge in [0.05, 0.1) is 16.5 Å². The number of aromatic nitrogens is 4. The number of hydrogen-bond donors (Lipinski definition) is 2. The van der Waals surface area contributed by atoms with Crippen LogP contribution in [0, 0.1) is 17.5 Å². The monoisotopic (exact) mass is 438 g/mol. The fourth-order valence-corrected chi connectivity index (χ4v) is 3.96. The van der Waals surface area contributed by atoms with Gasteiger partial charge in [0.1, 0.15) is 40.6 Å². The highest BCUT2D eigenvalue weighted by Gasteiger charge is 2.42. The molecule has 32 heavy (non-hydrogen) atoms. The lowest BCUT2D eigenvalue weighted by Gasteiger charge is -2.15. The predicted molar refractivity (Wildman–Crippen MR) is 111 cm³/mol. The van der Waals surface area contributed by atoms with E-state index in [1.165, 1.54) is 0 Å². The van der Waals surface area contributed by atoms with Crippen LogP contribution in [0.15, 0.2) is 36.5 Å². The second-order valence-corrected chi connectivity index (χ2v) is 8.09. The summed E-state index contributed by atoms with van der Waals surface area (Å²) < 4.78 is 43.4. The minimum Gasteiger partial charge on any atom is -0.383 e. The number of imidazole rings is 1. The molecule has 4 aromatic rings. The van der Waals surface area contributed by atoms with Crippen molar-refractivity contribution in [2.24, 2.45) is 0 Å². The van der Waals surface area contributed by atoms with Gasteiger partial charge >= 0.3 is 0 Å². The molecule has 0 atom stereocenters. The molecule has 162 valence electrons. The number of benzene rings is 1. The first kappa shape index (κ1) is 20.0. The highest BCUT2D eigenvalue weighted by Crippen LogP contribution is 2.40. The molecule has 3 aromatic heterocycles. The van der Waals surface area contributed by atoms with Crippen molar-refractivity contribution >= 4 is 23.1 Å². The van der Waals surface area contributed by atoms with Crippen molar-refractivity contribution in [2.45, 2.75) is 25.7 Å². The summed E-state index contributed by atoms with van der Waals surface area (Å²) in [5.74, 6) is -2.34. The summed E-state index contributed by atoms with van der Waals surface area (Å²) in [6.07, 6.45) is 1.45. The number of fused-ring (bicyclic) bond motifs is 2. The SMILES string of the molecule is CC1(C)C(=O)Nc2nc(-c3nc(Cc4c(F)cc(F)cc4F)n4ccccc34)nc(N)c21. The van der Waals surface area contributed by atoms with Crippen LogP contribution in [0.4, 0.5) is 24.8 Å². The molecule has 0 saturated heterocycles. The molecule has 0 radical (unpaired) electrons. The molecule has 1 aliphatic rings. The van der Waals surface area contributed by atoms with Crippen molar-refractivity contribution in [3.63, 3.8) is 0 Å². The Balaban J connectivity index is 1.66. The van der Waals surface area contributed by atoms with Gasteiger partial charge < -0.3 is 15.5 Å². The van der Waals surface area contributed by atoms with Crippen molar-refractivity contribution < 1.29 is 18.0 Å². The van der Waals surface area contributed by atoms with E-state index in [-0.39, 0.29) is 29.5 Å². The summed E-state index contributed by atoms with van der Waals surface area (Å²) in [6.45, 7) is 3.45. The number of nitrogens with zero attached hydrogens (tertiary/aromatic N) is 4. The average molecular weight is 438 g/mol. The van der Waals surface area contributed by atoms with Crippen LogP contribution in [0.5, 0.6) is 0 Å². The Morgan fingerprint density at radius 2 is 1.81 bits per heavy atom. The van der Waals surface area contributed by atoms with Gasteiger partial charge in [-0.15, -0.1) is 0 Å². The quantitative estimate of drug-likeness (QED) is 0.509. The molecule has 1 aromatic carbocycles. The van der Waals surface area contributed by atoms with E-state index in [9.17, 15) is 18.0 Å². The highest BCUT2D eigenvalue weighted by atomic mass is 19.1. The molecule has 0 fully saturated rings. The molecular weight excluding hydrogens is 421 g/mol. The lowest BCUT2D eigenvalue weighted by Crippen LogP contribution is -2.27. The number of nitrogen functional groups attached to an aromatic ring is 1. The number of nitrogens with two attached hydrogens (primary N) is 1. The summed E-state index contributed by atoms with van der Waals surface area (Å²) in [6, 6.07) is 6.51. The van der Waals surface area contributed by atoms with Crippen LogP contribution in [0.25, 0.3) is 17.0 Å². The fourth-order valence-electron chi connectivity index (χ4n) is 3.96. The molecule has 3 N–H and O–H groups in total. The van der Waals surface area contributed by atoms with E-state index < -0.39 is 22.9 Å². The van der Waals surface area contributed by atoms with Gasteiger partial charge in [-0.1, -0.05) is 6.07 Å². The molecule has 4 heterocycles. The van der Waals surface area contributed by atoms with Gasteiger partial charge in [-0.2, -0.15) is 0 Å². The Morgan fingerprint density at radius 3 is 2.53 bits per heavy atom.